The van der Waals surface area contributed by atoms with E-state index in [9.17, 15) is 14.7 Å². The summed E-state index contributed by atoms with van der Waals surface area (Å²) in [5.74, 6) is -1.05. The summed E-state index contributed by atoms with van der Waals surface area (Å²) in [6.45, 7) is 6.66. The Kier molecular flexibility index (Phi) is 8.47. The number of aliphatic carboxylic acids is 1. The van der Waals surface area contributed by atoms with E-state index in [-0.39, 0.29) is 11.8 Å². The first-order valence-electron chi connectivity index (χ1n) is 8.67. The smallest absolute Gasteiger partial charge is 0.326 e. The zero-order valence-corrected chi connectivity index (χ0v) is 14.9. The van der Waals surface area contributed by atoms with Crippen LogP contribution < -0.4 is 11.1 Å². The number of amides is 1. The molecule has 1 rings (SSSR count). The fourth-order valence-corrected chi connectivity index (χ4v) is 2.61. The molecular weight excluding hydrogens is 304 g/mol. The van der Waals surface area contributed by atoms with Gasteiger partial charge in [0.25, 0.3) is 0 Å². The summed E-state index contributed by atoms with van der Waals surface area (Å²) in [5.41, 5.74) is 7.56. The lowest BCUT2D eigenvalue weighted by molar-refractivity contribution is -0.142. The molecule has 5 heteroatoms. The standard InChI is InChI=1S/C19H30N2O3/c1-13(2)12-15-7-9-16(10-8-15)14(3)18(22)21-17(19(23)24)6-4-5-11-20/h7-10,13-14,17H,4-6,11-12,20H2,1-3H3,(H,21,22)(H,23,24). The number of unbranched alkanes of at least 4 members (excludes halogenated alkanes) is 1. The third-order valence-electron chi connectivity index (χ3n) is 4.08. The Bertz CT molecular complexity index is 526. The van der Waals surface area contributed by atoms with Crippen LogP contribution >= 0.6 is 0 Å². The summed E-state index contributed by atoms with van der Waals surface area (Å²) < 4.78 is 0. The first kappa shape index (κ1) is 20.2. The van der Waals surface area contributed by atoms with Gasteiger partial charge in [0.05, 0.1) is 5.92 Å². The van der Waals surface area contributed by atoms with Crippen molar-refractivity contribution in [1.29, 1.82) is 0 Å². The molecule has 2 unspecified atom stereocenters. The van der Waals surface area contributed by atoms with E-state index in [2.05, 4.69) is 19.2 Å². The number of carbonyl (C=O) groups excluding carboxylic acids is 1. The number of nitrogens with one attached hydrogen (secondary N) is 1. The average Bonchev–Trinajstić information content (AvgIpc) is 2.53. The van der Waals surface area contributed by atoms with Crippen molar-refractivity contribution in [3.05, 3.63) is 35.4 Å². The van der Waals surface area contributed by atoms with Gasteiger partial charge in [0, 0.05) is 0 Å². The number of carboxylic acids is 1. The van der Waals surface area contributed by atoms with Gasteiger partial charge in [-0.3, -0.25) is 4.79 Å². The number of carbonyl (C=O) groups is 2. The van der Waals surface area contributed by atoms with E-state index in [4.69, 9.17) is 5.73 Å². The predicted octanol–water partition coefficient (Wildman–Crippen LogP) is 2.69. The Labute approximate surface area is 144 Å². The van der Waals surface area contributed by atoms with Crippen LogP contribution in [-0.2, 0) is 16.0 Å². The second kappa shape index (κ2) is 10.1. The van der Waals surface area contributed by atoms with Gasteiger partial charge in [0.1, 0.15) is 6.04 Å². The molecule has 0 saturated carbocycles. The number of hydrogen-bond acceptors (Lipinski definition) is 3. The molecule has 5 nitrogen and oxygen atoms in total. The molecule has 1 aromatic carbocycles. The van der Waals surface area contributed by atoms with Crippen molar-refractivity contribution in [2.24, 2.45) is 11.7 Å². The predicted molar refractivity (Wildman–Crippen MR) is 95.9 cm³/mol. The molecule has 2 atom stereocenters. The molecule has 0 aliphatic rings. The molecule has 0 fully saturated rings. The fourth-order valence-electron chi connectivity index (χ4n) is 2.61. The Hall–Kier alpha value is -1.88. The van der Waals surface area contributed by atoms with Crippen LogP contribution in [0.3, 0.4) is 0 Å². The maximum absolute atomic E-state index is 12.4. The van der Waals surface area contributed by atoms with Gasteiger partial charge >= 0.3 is 5.97 Å². The monoisotopic (exact) mass is 334 g/mol. The summed E-state index contributed by atoms with van der Waals surface area (Å²) >= 11 is 0. The molecule has 0 aliphatic heterocycles. The fraction of sp³-hybridized carbons (Fsp3) is 0.579. The third kappa shape index (κ3) is 6.71. The molecule has 134 valence electrons. The average molecular weight is 334 g/mol. The zero-order valence-electron chi connectivity index (χ0n) is 14.9. The highest BCUT2D eigenvalue weighted by molar-refractivity contribution is 5.87. The minimum atomic E-state index is -1.00. The van der Waals surface area contributed by atoms with Crippen LogP contribution in [-0.4, -0.2) is 29.6 Å². The molecular formula is C19H30N2O3. The highest BCUT2D eigenvalue weighted by Crippen LogP contribution is 2.18. The molecule has 0 saturated heterocycles. The normalized spacial score (nSPS) is 13.5. The number of rotatable bonds is 10. The van der Waals surface area contributed by atoms with Crippen molar-refractivity contribution in [1.82, 2.24) is 5.32 Å². The molecule has 0 aliphatic carbocycles. The molecule has 24 heavy (non-hydrogen) atoms. The quantitative estimate of drug-likeness (QED) is 0.574. The summed E-state index contributed by atoms with van der Waals surface area (Å²) in [6, 6.07) is 7.12. The first-order chi connectivity index (χ1) is 11.3. The van der Waals surface area contributed by atoms with Gasteiger partial charge in [-0.1, -0.05) is 38.1 Å². The van der Waals surface area contributed by atoms with E-state index < -0.39 is 12.0 Å². The molecule has 1 amide bonds. The van der Waals surface area contributed by atoms with E-state index in [1.807, 2.05) is 24.3 Å². The Morgan fingerprint density at radius 2 is 1.75 bits per heavy atom. The van der Waals surface area contributed by atoms with Gasteiger partial charge in [-0.25, -0.2) is 4.79 Å². The third-order valence-corrected chi connectivity index (χ3v) is 4.08. The van der Waals surface area contributed by atoms with E-state index in [1.165, 1.54) is 5.56 Å². The van der Waals surface area contributed by atoms with Crippen molar-refractivity contribution in [2.75, 3.05) is 6.54 Å². The van der Waals surface area contributed by atoms with Crippen LogP contribution in [0.2, 0.25) is 0 Å². The van der Waals surface area contributed by atoms with Gasteiger partial charge in [-0.2, -0.15) is 0 Å². The number of benzene rings is 1. The SMILES string of the molecule is CC(C)Cc1ccc(C(C)C(=O)NC(CCCCN)C(=O)O)cc1. The van der Waals surface area contributed by atoms with Crippen molar-refractivity contribution in [3.63, 3.8) is 0 Å². The van der Waals surface area contributed by atoms with E-state index >= 15 is 0 Å². The summed E-state index contributed by atoms with van der Waals surface area (Å²) in [5, 5.41) is 11.9. The number of nitrogens with two attached hydrogens (primary N) is 1. The minimum absolute atomic E-state index is 0.258. The van der Waals surface area contributed by atoms with Crippen LogP contribution in [0.1, 0.15) is 57.1 Å². The maximum Gasteiger partial charge on any atom is 0.326 e. The molecule has 0 heterocycles. The van der Waals surface area contributed by atoms with Gasteiger partial charge in [0.2, 0.25) is 5.91 Å². The van der Waals surface area contributed by atoms with Crippen molar-refractivity contribution < 1.29 is 14.7 Å². The van der Waals surface area contributed by atoms with E-state index in [1.54, 1.807) is 6.92 Å². The minimum Gasteiger partial charge on any atom is -0.480 e. The lowest BCUT2D eigenvalue weighted by Crippen LogP contribution is -2.42. The van der Waals surface area contributed by atoms with Crippen LogP contribution in [0.5, 0.6) is 0 Å². The van der Waals surface area contributed by atoms with Gasteiger partial charge in [-0.05, 0) is 56.2 Å². The van der Waals surface area contributed by atoms with Gasteiger partial charge in [0.15, 0.2) is 0 Å². The number of carboxylic acid groups (broad SMARTS) is 1. The number of hydrogen-bond donors (Lipinski definition) is 3. The van der Waals surface area contributed by atoms with Gasteiger partial charge < -0.3 is 16.2 Å². The van der Waals surface area contributed by atoms with Crippen molar-refractivity contribution >= 4 is 11.9 Å². The molecule has 0 aromatic heterocycles. The van der Waals surface area contributed by atoms with Crippen molar-refractivity contribution in [3.8, 4) is 0 Å². The Morgan fingerprint density at radius 1 is 1.12 bits per heavy atom. The topological polar surface area (TPSA) is 92.4 Å². The van der Waals surface area contributed by atoms with Crippen LogP contribution in [0.15, 0.2) is 24.3 Å². The zero-order chi connectivity index (χ0) is 18.1. The lowest BCUT2D eigenvalue weighted by atomic mass is 9.96. The summed E-state index contributed by atoms with van der Waals surface area (Å²) in [6.07, 6.45) is 2.85. The largest absolute Gasteiger partial charge is 0.480 e. The second-order valence-electron chi connectivity index (χ2n) is 6.75. The highest BCUT2D eigenvalue weighted by Gasteiger charge is 2.23. The van der Waals surface area contributed by atoms with Crippen molar-refractivity contribution in [2.45, 2.75) is 58.4 Å². The lowest BCUT2D eigenvalue weighted by Gasteiger charge is -2.18. The Morgan fingerprint density at radius 3 is 2.25 bits per heavy atom. The van der Waals surface area contributed by atoms with Crippen LogP contribution in [0, 0.1) is 5.92 Å². The molecule has 4 N–H and O–H groups in total. The molecule has 0 radical (unpaired) electrons. The van der Waals surface area contributed by atoms with Gasteiger partial charge in [-0.15, -0.1) is 0 Å². The molecule has 1 aromatic rings. The van der Waals surface area contributed by atoms with E-state index in [0.29, 0.717) is 25.3 Å². The second-order valence-corrected chi connectivity index (χ2v) is 6.75. The summed E-state index contributed by atoms with van der Waals surface area (Å²) in [7, 11) is 0. The summed E-state index contributed by atoms with van der Waals surface area (Å²) in [4.78, 5) is 23.6. The molecule has 0 spiro atoms. The Balaban J connectivity index is 2.66. The molecule has 0 bridgehead atoms. The maximum atomic E-state index is 12.4. The first-order valence-corrected chi connectivity index (χ1v) is 8.67. The highest BCUT2D eigenvalue weighted by atomic mass is 16.4. The van der Waals surface area contributed by atoms with Crippen LogP contribution in [0.4, 0.5) is 0 Å². The van der Waals surface area contributed by atoms with E-state index in [0.717, 1.165) is 18.4 Å². The van der Waals surface area contributed by atoms with Crippen LogP contribution in [0.25, 0.3) is 0 Å².